The minimum atomic E-state index is -5.10. The van der Waals surface area contributed by atoms with Crippen molar-refractivity contribution in [3.05, 3.63) is 155 Å². The molecule has 2 aliphatic rings. The van der Waals surface area contributed by atoms with Gasteiger partial charge >= 0.3 is 6.18 Å². The fourth-order valence-electron chi connectivity index (χ4n) is 5.82. The van der Waals surface area contributed by atoms with E-state index in [0.29, 0.717) is 11.6 Å². The summed E-state index contributed by atoms with van der Waals surface area (Å²) < 4.78 is 76.1. The Hall–Kier alpha value is -7.81. The molecule has 0 heterocycles. The lowest BCUT2D eigenvalue weighted by atomic mass is 9.89. The Kier molecular flexibility index (Phi) is 7.88. The lowest BCUT2D eigenvalue weighted by molar-refractivity contribution is -0.137. The number of halogens is 5. The van der Waals surface area contributed by atoms with E-state index >= 15 is 8.78 Å². The van der Waals surface area contributed by atoms with Crippen LogP contribution in [0.2, 0.25) is 0 Å². The molecule has 228 valence electrons. The van der Waals surface area contributed by atoms with Crippen LogP contribution in [0.3, 0.4) is 0 Å². The van der Waals surface area contributed by atoms with Gasteiger partial charge < -0.3 is 0 Å². The first-order chi connectivity index (χ1) is 23.4. The number of aryl methyl sites for hydroxylation is 1. The van der Waals surface area contributed by atoms with Gasteiger partial charge in [-0.3, -0.25) is 0 Å². The van der Waals surface area contributed by atoms with E-state index in [0.717, 1.165) is 12.1 Å². The van der Waals surface area contributed by atoms with Gasteiger partial charge in [0.2, 0.25) is 5.70 Å². The third-order valence-corrected chi connectivity index (χ3v) is 7.84. The van der Waals surface area contributed by atoms with E-state index in [4.69, 9.17) is 26.3 Å². The number of nitriles is 4. The zero-order valence-electron chi connectivity index (χ0n) is 24.4. The van der Waals surface area contributed by atoms with Crippen molar-refractivity contribution in [3.63, 3.8) is 0 Å². The van der Waals surface area contributed by atoms with Gasteiger partial charge in [-0.1, -0.05) is 18.2 Å². The van der Waals surface area contributed by atoms with Crippen LogP contribution in [0.15, 0.2) is 47.8 Å². The summed E-state index contributed by atoms with van der Waals surface area (Å²) >= 11 is 0. The lowest BCUT2D eigenvalue weighted by Gasteiger charge is -2.16. The number of benzene rings is 3. The summed E-state index contributed by atoms with van der Waals surface area (Å²) in [6.45, 7) is 32.3. The molecule has 0 bridgehead atoms. The van der Waals surface area contributed by atoms with Crippen molar-refractivity contribution in [2.75, 3.05) is 0 Å². The van der Waals surface area contributed by atoms with Crippen molar-refractivity contribution >= 4 is 39.2 Å². The number of hydrogen-bond donors (Lipinski definition) is 0. The molecule has 0 fully saturated rings. The van der Waals surface area contributed by atoms with Crippen molar-refractivity contribution < 1.29 is 22.0 Å². The van der Waals surface area contributed by atoms with Crippen LogP contribution in [0, 0.1) is 90.2 Å². The highest BCUT2D eigenvalue weighted by molar-refractivity contribution is 6.29. The lowest BCUT2D eigenvalue weighted by Crippen LogP contribution is -2.08. The maximum absolute atomic E-state index is 17.2. The van der Waals surface area contributed by atoms with Crippen molar-refractivity contribution in [2.24, 2.45) is 0 Å². The molecule has 2 aliphatic carbocycles. The van der Waals surface area contributed by atoms with Crippen LogP contribution in [0.5, 0.6) is 0 Å². The highest BCUT2D eigenvalue weighted by atomic mass is 19.4. The smallest absolute Gasteiger partial charge is 0.238 e. The number of hydrogen-bond acceptors (Lipinski definition) is 4. The van der Waals surface area contributed by atoms with Gasteiger partial charge in [0.25, 0.3) is 11.4 Å². The second-order valence-corrected chi connectivity index (χ2v) is 10.2. The molecule has 8 nitrogen and oxygen atoms in total. The minimum Gasteiger partial charge on any atom is -0.238 e. The summed E-state index contributed by atoms with van der Waals surface area (Å²) in [7, 11) is 0. The molecule has 0 unspecified atom stereocenters. The number of nitrogens with zero attached hydrogens (tertiary/aromatic N) is 8. The highest BCUT2D eigenvalue weighted by Crippen LogP contribution is 2.58. The van der Waals surface area contributed by atoms with Gasteiger partial charge in [-0.25, -0.2) is 38.7 Å². The molecule has 5 rings (SSSR count). The molecule has 3 aromatic carbocycles. The average molecular weight is 649 g/mol. The maximum atomic E-state index is 17.2. The summed E-state index contributed by atoms with van der Waals surface area (Å²) in [6, 6.07) is 12.5. The zero-order valence-corrected chi connectivity index (χ0v) is 24.4. The summed E-state index contributed by atoms with van der Waals surface area (Å²) in [5.74, 6) is -2.91. The third kappa shape index (κ3) is 4.66. The van der Waals surface area contributed by atoms with Gasteiger partial charge in [0.05, 0.1) is 61.2 Å². The van der Waals surface area contributed by atoms with E-state index in [2.05, 4.69) is 19.4 Å². The van der Waals surface area contributed by atoms with Crippen LogP contribution >= 0.6 is 0 Å². The molecule has 49 heavy (non-hydrogen) atoms. The Labute approximate surface area is 274 Å². The molecule has 0 amide bonds. The first-order valence-electron chi connectivity index (χ1n) is 13.4. The molecule has 0 radical (unpaired) electrons. The first-order valence-corrected chi connectivity index (χ1v) is 13.4. The number of alkyl halides is 3. The molecule has 13 heteroatoms. The van der Waals surface area contributed by atoms with Gasteiger partial charge in [0.1, 0.15) is 17.7 Å². The highest BCUT2D eigenvalue weighted by Gasteiger charge is 2.44. The number of allylic oxidation sites excluding steroid dienone is 7. The van der Waals surface area contributed by atoms with Crippen LogP contribution in [-0.4, -0.2) is 0 Å². The average Bonchev–Trinajstić information content (AvgIpc) is 3.62. The molecule has 0 aromatic heterocycles. The summed E-state index contributed by atoms with van der Waals surface area (Å²) in [6.07, 6.45) is -5.10. The van der Waals surface area contributed by atoms with Gasteiger partial charge in [0.15, 0.2) is 5.69 Å². The van der Waals surface area contributed by atoms with Crippen LogP contribution < -0.4 is 0 Å². The van der Waals surface area contributed by atoms with E-state index in [1.54, 1.807) is 19.1 Å². The molecule has 0 atom stereocenters. The zero-order chi connectivity index (χ0) is 35.9. The SMILES string of the molecule is [C-]#[N+]C1=C(c2ccc(C)c([N+]#[C-])c2)/C(=C(/C#N)[N+]#[C-])c2c(F)c3c(c(F)c21)C(C#N)=C(c1ccc(C#N)c(C(F)(F)F)c1)/C3=C(\C#N)[N+]#[C-]. The van der Waals surface area contributed by atoms with Gasteiger partial charge in [-0.15, -0.1) is 0 Å². The Morgan fingerprint density at radius 1 is 0.694 bits per heavy atom. The summed E-state index contributed by atoms with van der Waals surface area (Å²) in [4.78, 5) is 13.0. The fraction of sp³-hybridized carbons (Fsp3) is 0.0556. The minimum absolute atomic E-state index is 0.0489. The van der Waals surface area contributed by atoms with Crippen molar-refractivity contribution in [1.82, 2.24) is 0 Å². The van der Waals surface area contributed by atoms with Crippen LogP contribution in [0.1, 0.15) is 50.1 Å². The molecule has 0 spiro atoms. The topological polar surface area (TPSA) is 113 Å². The van der Waals surface area contributed by atoms with E-state index in [-0.39, 0.29) is 16.8 Å². The molecule has 0 aliphatic heterocycles. The van der Waals surface area contributed by atoms with Crippen LogP contribution in [-0.2, 0) is 6.18 Å². The Bertz CT molecular complexity index is 2560. The number of fused-ring (bicyclic) bond motifs is 2. The number of rotatable bonds is 2. The predicted molar refractivity (Wildman–Crippen MR) is 164 cm³/mol. The second-order valence-electron chi connectivity index (χ2n) is 10.2. The van der Waals surface area contributed by atoms with Crippen molar-refractivity contribution in [2.45, 2.75) is 13.1 Å². The second kappa shape index (κ2) is 11.8. The summed E-state index contributed by atoms with van der Waals surface area (Å²) in [5.41, 5.74) is -10.7. The quantitative estimate of drug-likeness (QED) is 0.157. The largest absolute Gasteiger partial charge is 0.417 e. The maximum Gasteiger partial charge on any atom is 0.417 e. The van der Waals surface area contributed by atoms with Crippen LogP contribution in [0.4, 0.5) is 27.6 Å². The van der Waals surface area contributed by atoms with E-state index in [9.17, 15) is 34.2 Å². The Morgan fingerprint density at radius 3 is 1.76 bits per heavy atom. The van der Waals surface area contributed by atoms with Gasteiger partial charge in [0, 0.05) is 27.8 Å². The fourth-order valence-corrected chi connectivity index (χ4v) is 5.82. The molecular weight excluding hydrogens is 639 g/mol. The van der Waals surface area contributed by atoms with Crippen molar-refractivity contribution in [1.29, 1.82) is 21.0 Å². The van der Waals surface area contributed by atoms with Gasteiger partial charge in [-0.05, 0) is 58.5 Å². The van der Waals surface area contributed by atoms with Gasteiger partial charge in [-0.2, -0.15) is 23.7 Å². The van der Waals surface area contributed by atoms with E-state index in [1.807, 2.05) is 0 Å². The summed E-state index contributed by atoms with van der Waals surface area (Å²) in [5, 5.41) is 39.4. The molecular formula is C36H9F5N8. The molecule has 0 saturated heterocycles. The van der Waals surface area contributed by atoms with Crippen LogP contribution in [0.25, 0.3) is 52.9 Å². The molecule has 0 saturated carbocycles. The predicted octanol–water partition coefficient (Wildman–Crippen LogP) is 9.27. The standard InChI is InChI=1S/C36H9F5N8/c1-16-6-7-18(11-22(16)46-2)26-29(24(15-45)48-4)31-32(35(26)49-5)33(37)27-20(13-43)25(28(23(14-44)47-3)30(27)34(31)38)17-8-9-19(12-42)21(10-17)36(39,40)41/h6-11H,1H3/b28-23-,29-24+. The molecule has 3 aromatic rings. The Balaban J connectivity index is 2.03. The first kappa shape index (κ1) is 32.6. The monoisotopic (exact) mass is 648 g/mol. The van der Waals surface area contributed by atoms with E-state index in [1.165, 1.54) is 30.3 Å². The molecule has 0 N–H and O–H groups in total. The van der Waals surface area contributed by atoms with Crippen molar-refractivity contribution in [3.8, 4) is 24.3 Å². The normalized spacial score (nSPS) is 14.9. The third-order valence-electron chi connectivity index (χ3n) is 7.84. The van der Waals surface area contributed by atoms with E-state index < -0.39 is 96.1 Å². The Morgan fingerprint density at radius 2 is 1.24 bits per heavy atom.